The summed E-state index contributed by atoms with van der Waals surface area (Å²) in [5.41, 5.74) is 1.75. The molecule has 4 heteroatoms. The average Bonchev–Trinajstić information content (AvgIpc) is 2.60. The van der Waals surface area contributed by atoms with Crippen LogP contribution in [-0.2, 0) is 16.0 Å². The maximum Gasteiger partial charge on any atom is 0.138 e. The first-order valence-electron chi connectivity index (χ1n) is 7.82. The molecule has 1 unspecified atom stereocenters. The van der Waals surface area contributed by atoms with Crippen LogP contribution in [0.5, 0.6) is 11.5 Å². The third kappa shape index (κ3) is 4.69. The van der Waals surface area contributed by atoms with Crippen molar-refractivity contribution in [1.82, 2.24) is 0 Å². The van der Waals surface area contributed by atoms with Crippen LogP contribution >= 0.6 is 0 Å². The van der Waals surface area contributed by atoms with E-state index in [1.54, 1.807) is 26.4 Å². The molecule has 4 nitrogen and oxygen atoms in total. The van der Waals surface area contributed by atoms with Crippen LogP contribution in [0.25, 0.3) is 0 Å². The Kier molecular flexibility index (Phi) is 6.13. The third-order valence-corrected chi connectivity index (χ3v) is 4.00. The zero-order chi connectivity index (χ0) is 17.5. The number of rotatable bonds is 8. The summed E-state index contributed by atoms with van der Waals surface area (Å²) in [7, 11) is 3.20. The van der Waals surface area contributed by atoms with Crippen molar-refractivity contribution in [2.75, 3.05) is 14.2 Å². The van der Waals surface area contributed by atoms with Gasteiger partial charge in [-0.05, 0) is 42.3 Å². The van der Waals surface area contributed by atoms with Crippen molar-refractivity contribution in [1.29, 1.82) is 0 Å². The van der Waals surface area contributed by atoms with E-state index in [2.05, 4.69) is 0 Å². The highest BCUT2D eigenvalue weighted by atomic mass is 16.5. The molecule has 0 aliphatic heterocycles. The van der Waals surface area contributed by atoms with Crippen molar-refractivity contribution >= 4 is 11.6 Å². The first-order chi connectivity index (χ1) is 11.5. The molecule has 0 amide bonds. The topological polar surface area (TPSA) is 52.6 Å². The molecule has 0 fully saturated rings. The Morgan fingerprint density at radius 3 is 1.83 bits per heavy atom. The molecular formula is C20H22O4. The smallest absolute Gasteiger partial charge is 0.138 e. The van der Waals surface area contributed by atoms with Gasteiger partial charge in [0.05, 0.1) is 14.2 Å². The fourth-order valence-corrected chi connectivity index (χ4v) is 2.60. The standard InChI is InChI=1S/C20H22O4/c1-14(21)20(16-6-10-19(24-3)11-7-16)13-17(22)12-15-4-8-18(23-2)9-5-15/h4-11,20H,12-13H2,1-3H3. The maximum absolute atomic E-state index is 12.4. The third-order valence-electron chi connectivity index (χ3n) is 4.00. The van der Waals surface area contributed by atoms with Crippen molar-refractivity contribution in [2.45, 2.75) is 25.7 Å². The number of benzene rings is 2. The second-order valence-electron chi connectivity index (χ2n) is 5.70. The highest BCUT2D eigenvalue weighted by Crippen LogP contribution is 2.24. The van der Waals surface area contributed by atoms with Crippen molar-refractivity contribution in [3.8, 4) is 11.5 Å². The Morgan fingerprint density at radius 1 is 0.875 bits per heavy atom. The second kappa shape index (κ2) is 8.29. The van der Waals surface area contributed by atoms with Crippen LogP contribution < -0.4 is 9.47 Å². The summed E-state index contributed by atoms with van der Waals surface area (Å²) >= 11 is 0. The van der Waals surface area contributed by atoms with Gasteiger partial charge in [-0.15, -0.1) is 0 Å². The second-order valence-corrected chi connectivity index (χ2v) is 5.70. The van der Waals surface area contributed by atoms with Gasteiger partial charge in [0.2, 0.25) is 0 Å². The fraction of sp³-hybridized carbons (Fsp3) is 0.300. The molecule has 2 rings (SSSR count). The highest BCUT2D eigenvalue weighted by Gasteiger charge is 2.20. The summed E-state index contributed by atoms with van der Waals surface area (Å²) < 4.78 is 10.2. The van der Waals surface area contributed by atoms with Crippen molar-refractivity contribution in [2.24, 2.45) is 0 Å². The van der Waals surface area contributed by atoms with Gasteiger partial charge in [-0.3, -0.25) is 9.59 Å². The number of hydrogen-bond acceptors (Lipinski definition) is 4. The molecule has 2 aromatic rings. The molecule has 2 aromatic carbocycles. The molecule has 0 radical (unpaired) electrons. The SMILES string of the molecule is COc1ccc(CC(=O)CC(C(C)=O)c2ccc(OC)cc2)cc1. The Morgan fingerprint density at radius 2 is 1.38 bits per heavy atom. The van der Waals surface area contributed by atoms with Gasteiger partial charge in [-0.1, -0.05) is 24.3 Å². The Labute approximate surface area is 142 Å². The van der Waals surface area contributed by atoms with E-state index in [0.29, 0.717) is 6.42 Å². The summed E-state index contributed by atoms with van der Waals surface area (Å²) in [4.78, 5) is 24.3. The minimum absolute atomic E-state index is 0.0109. The first-order valence-corrected chi connectivity index (χ1v) is 7.82. The van der Waals surface area contributed by atoms with E-state index in [1.165, 1.54) is 6.92 Å². The summed E-state index contributed by atoms with van der Waals surface area (Å²) in [5.74, 6) is 1.10. The lowest BCUT2D eigenvalue weighted by Crippen LogP contribution is -2.15. The number of carbonyl (C=O) groups excluding carboxylic acids is 2. The number of methoxy groups -OCH3 is 2. The fourth-order valence-electron chi connectivity index (χ4n) is 2.60. The number of ether oxygens (including phenoxy) is 2. The van der Waals surface area contributed by atoms with Gasteiger partial charge in [0.1, 0.15) is 23.1 Å². The van der Waals surface area contributed by atoms with Crippen LogP contribution in [-0.4, -0.2) is 25.8 Å². The summed E-state index contributed by atoms with van der Waals surface area (Å²) in [6, 6.07) is 14.7. The van der Waals surface area contributed by atoms with E-state index in [-0.39, 0.29) is 18.0 Å². The summed E-state index contributed by atoms with van der Waals surface area (Å²) in [6.07, 6.45) is 0.512. The molecule has 0 saturated carbocycles. The minimum Gasteiger partial charge on any atom is -0.497 e. The van der Waals surface area contributed by atoms with Gasteiger partial charge in [-0.25, -0.2) is 0 Å². The molecule has 1 atom stereocenters. The van der Waals surface area contributed by atoms with Crippen LogP contribution in [0.15, 0.2) is 48.5 Å². The molecule has 0 aromatic heterocycles. The van der Waals surface area contributed by atoms with Crippen molar-refractivity contribution in [3.05, 3.63) is 59.7 Å². The van der Waals surface area contributed by atoms with Crippen LogP contribution in [0.2, 0.25) is 0 Å². The Bertz CT molecular complexity index is 687. The average molecular weight is 326 g/mol. The molecule has 0 heterocycles. The van der Waals surface area contributed by atoms with E-state index >= 15 is 0 Å². The molecule has 126 valence electrons. The van der Waals surface area contributed by atoms with Gasteiger partial charge in [0, 0.05) is 18.8 Å². The lowest BCUT2D eigenvalue weighted by atomic mass is 9.89. The zero-order valence-electron chi connectivity index (χ0n) is 14.2. The largest absolute Gasteiger partial charge is 0.497 e. The number of ketones is 2. The van der Waals surface area contributed by atoms with E-state index in [4.69, 9.17) is 9.47 Å². The van der Waals surface area contributed by atoms with Crippen LogP contribution in [0, 0.1) is 0 Å². The number of hydrogen-bond donors (Lipinski definition) is 0. The lowest BCUT2D eigenvalue weighted by molar-refractivity contribution is -0.124. The predicted molar refractivity (Wildman–Crippen MR) is 92.7 cm³/mol. The van der Waals surface area contributed by atoms with Gasteiger partial charge in [-0.2, -0.15) is 0 Å². The van der Waals surface area contributed by atoms with Gasteiger partial charge < -0.3 is 9.47 Å². The molecular weight excluding hydrogens is 304 g/mol. The molecule has 0 saturated heterocycles. The van der Waals surface area contributed by atoms with Crippen LogP contribution in [0.1, 0.15) is 30.4 Å². The van der Waals surface area contributed by atoms with E-state index in [1.807, 2.05) is 36.4 Å². The number of carbonyl (C=O) groups is 2. The molecule has 0 aliphatic carbocycles. The van der Waals surface area contributed by atoms with E-state index < -0.39 is 5.92 Å². The molecule has 0 N–H and O–H groups in total. The number of Topliss-reactive ketones (excluding diaryl/α,β-unsaturated/α-hetero) is 2. The highest BCUT2D eigenvalue weighted by molar-refractivity contribution is 5.91. The zero-order valence-corrected chi connectivity index (χ0v) is 14.2. The predicted octanol–water partition coefficient (Wildman–Crippen LogP) is 3.58. The Hall–Kier alpha value is -2.62. The molecule has 0 bridgehead atoms. The first kappa shape index (κ1) is 17.7. The van der Waals surface area contributed by atoms with Crippen LogP contribution in [0.4, 0.5) is 0 Å². The monoisotopic (exact) mass is 326 g/mol. The summed E-state index contributed by atoms with van der Waals surface area (Å²) in [6.45, 7) is 1.52. The van der Waals surface area contributed by atoms with Gasteiger partial charge >= 0.3 is 0 Å². The normalized spacial score (nSPS) is 11.6. The van der Waals surface area contributed by atoms with Crippen molar-refractivity contribution < 1.29 is 19.1 Å². The van der Waals surface area contributed by atoms with Gasteiger partial charge in [0.25, 0.3) is 0 Å². The van der Waals surface area contributed by atoms with Crippen LogP contribution in [0.3, 0.4) is 0 Å². The van der Waals surface area contributed by atoms with Gasteiger partial charge in [0.15, 0.2) is 0 Å². The minimum atomic E-state index is -0.415. The maximum atomic E-state index is 12.4. The lowest BCUT2D eigenvalue weighted by Gasteiger charge is -2.14. The molecule has 24 heavy (non-hydrogen) atoms. The van der Waals surface area contributed by atoms with Crippen molar-refractivity contribution in [3.63, 3.8) is 0 Å². The summed E-state index contributed by atoms with van der Waals surface area (Å²) in [5, 5.41) is 0. The molecule has 0 spiro atoms. The quantitative estimate of drug-likeness (QED) is 0.744. The van der Waals surface area contributed by atoms with E-state index in [9.17, 15) is 9.59 Å². The Balaban J connectivity index is 2.05. The van der Waals surface area contributed by atoms with E-state index in [0.717, 1.165) is 22.6 Å². The molecule has 0 aliphatic rings.